The molecule has 1 N–H and O–H groups in total. The van der Waals surface area contributed by atoms with Crippen LogP contribution in [0.3, 0.4) is 0 Å². The molecule has 0 spiro atoms. The maximum Gasteiger partial charge on any atom is 0.321 e. The predicted molar refractivity (Wildman–Crippen MR) is 87.9 cm³/mol. The molecular weight excluding hydrogens is 280 g/mol. The van der Waals surface area contributed by atoms with Crippen LogP contribution in [0.1, 0.15) is 32.8 Å². The Morgan fingerprint density at radius 1 is 1.32 bits per heavy atom. The number of nitrogens with one attached hydrogen (secondary N) is 1. The summed E-state index contributed by atoms with van der Waals surface area (Å²) < 4.78 is 4.91. The van der Waals surface area contributed by atoms with Crippen LogP contribution in [0.25, 0.3) is 0 Å². The molecule has 0 fully saturated rings. The predicted octanol–water partition coefficient (Wildman–Crippen LogP) is 3.44. The molecule has 0 aromatic heterocycles. The highest BCUT2D eigenvalue weighted by atomic mass is 16.5. The first-order chi connectivity index (χ1) is 10.4. The molecule has 22 heavy (non-hydrogen) atoms. The summed E-state index contributed by atoms with van der Waals surface area (Å²) in [7, 11) is 0. The van der Waals surface area contributed by atoms with Gasteiger partial charge in [0, 0.05) is 18.8 Å². The number of carbonyl (C=O) groups excluding carboxylic acids is 2. The molecule has 0 aliphatic rings. The molecule has 1 aromatic carbocycles. The van der Waals surface area contributed by atoms with Gasteiger partial charge in [-0.05, 0) is 37.5 Å². The molecule has 0 radical (unpaired) electrons. The van der Waals surface area contributed by atoms with E-state index in [1.165, 1.54) is 0 Å². The molecule has 0 heterocycles. The third-order valence-corrected chi connectivity index (χ3v) is 3.03. The van der Waals surface area contributed by atoms with Crippen molar-refractivity contribution in [2.45, 2.75) is 34.1 Å². The molecular formula is C17H26N2O3. The van der Waals surface area contributed by atoms with E-state index >= 15 is 0 Å². The maximum atomic E-state index is 12.4. The summed E-state index contributed by atoms with van der Waals surface area (Å²) in [4.78, 5) is 25.5. The van der Waals surface area contributed by atoms with Gasteiger partial charge in [0.05, 0.1) is 13.0 Å². The number of carbonyl (C=O) groups is 2. The molecule has 5 nitrogen and oxygen atoms in total. The van der Waals surface area contributed by atoms with E-state index in [2.05, 4.69) is 5.32 Å². The lowest BCUT2D eigenvalue weighted by atomic mass is 10.2. The number of nitrogens with zero attached hydrogens (tertiary/aromatic N) is 1. The summed E-state index contributed by atoms with van der Waals surface area (Å²) in [5.41, 5.74) is 1.84. The van der Waals surface area contributed by atoms with Crippen molar-refractivity contribution in [1.82, 2.24) is 4.90 Å². The average molecular weight is 306 g/mol. The van der Waals surface area contributed by atoms with Gasteiger partial charge < -0.3 is 15.0 Å². The number of esters is 1. The van der Waals surface area contributed by atoms with Gasteiger partial charge in [-0.1, -0.05) is 26.0 Å². The molecule has 0 bridgehead atoms. The van der Waals surface area contributed by atoms with E-state index < -0.39 is 0 Å². The molecule has 0 unspecified atom stereocenters. The molecule has 0 saturated carbocycles. The van der Waals surface area contributed by atoms with Crippen LogP contribution in [0.4, 0.5) is 10.5 Å². The Hall–Kier alpha value is -2.04. The average Bonchev–Trinajstić information content (AvgIpc) is 2.43. The molecule has 0 saturated heterocycles. The Morgan fingerprint density at radius 2 is 2.05 bits per heavy atom. The summed E-state index contributed by atoms with van der Waals surface area (Å²) in [6.45, 7) is 9.13. The second kappa shape index (κ2) is 9.07. The summed E-state index contributed by atoms with van der Waals surface area (Å²) in [6.07, 6.45) is 0.210. The van der Waals surface area contributed by atoms with E-state index in [0.717, 1.165) is 11.3 Å². The van der Waals surface area contributed by atoms with Gasteiger partial charge in [-0.2, -0.15) is 0 Å². The quantitative estimate of drug-likeness (QED) is 0.785. The maximum absolute atomic E-state index is 12.4. The van der Waals surface area contributed by atoms with E-state index in [1.807, 2.05) is 45.0 Å². The third kappa shape index (κ3) is 6.61. The number of rotatable bonds is 7. The number of hydrogen-bond donors (Lipinski definition) is 1. The number of urea groups is 1. The lowest BCUT2D eigenvalue weighted by Crippen LogP contribution is -2.39. The summed E-state index contributed by atoms with van der Waals surface area (Å²) >= 11 is 0. The van der Waals surface area contributed by atoms with Crippen molar-refractivity contribution in [3.05, 3.63) is 29.8 Å². The minimum atomic E-state index is -0.278. The Balaban J connectivity index is 2.65. The topological polar surface area (TPSA) is 58.6 Å². The van der Waals surface area contributed by atoms with Crippen molar-refractivity contribution < 1.29 is 14.3 Å². The zero-order valence-corrected chi connectivity index (χ0v) is 13.9. The monoisotopic (exact) mass is 306 g/mol. The normalized spacial score (nSPS) is 10.4. The minimum Gasteiger partial charge on any atom is -0.466 e. The van der Waals surface area contributed by atoms with Gasteiger partial charge in [-0.15, -0.1) is 0 Å². The van der Waals surface area contributed by atoms with Gasteiger partial charge in [0.2, 0.25) is 0 Å². The highest BCUT2D eigenvalue weighted by molar-refractivity contribution is 5.89. The van der Waals surface area contributed by atoms with Gasteiger partial charge in [-0.25, -0.2) is 4.79 Å². The second-order valence-electron chi connectivity index (χ2n) is 5.69. The van der Waals surface area contributed by atoms with Crippen molar-refractivity contribution in [3.8, 4) is 0 Å². The summed E-state index contributed by atoms with van der Waals surface area (Å²) in [5.74, 6) is 0.0464. The van der Waals surface area contributed by atoms with E-state index in [0.29, 0.717) is 25.6 Å². The lowest BCUT2D eigenvalue weighted by molar-refractivity contribution is -0.143. The molecule has 0 aliphatic heterocycles. The first-order valence-electron chi connectivity index (χ1n) is 7.70. The lowest BCUT2D eigenvalue weighted by Gasteiger charge is -2.24. The van der Waals surface area contributed by atoms with Crippen LogP contribution in [0.15, 0.2) is 24.3 Å². The number of anilines is 1. The van der Waals surface area contributed by atoms with Crippen molar-refractivity contribution >= 4 is 17.7 Å². The van der Waals surface area contributed by atoms with Crippen molar-refractivity contribution in [3.63, 3.8) is 0 Å². The van der Waals surface area contributed by atoms with E-state index in [4.69, 9.17) is 4.74 Å². The number of ether oxygens (including phenoxy) is 1. The molecule has 122 valence electrons. The minimum absolute atomic E-state index is 0.191. The molecule has 0 aliphatic carbocycles. The van der Waals surface area contributed by atoms with Crippen LogP contribution < -0.4 is 5.32 Å². The summed E-state index contributed by atoms with van der Waals surface area (Å²) in [6, 6.07) is 7.45. The van der Waals surface area contributed by atoms with Crippen LogP contribution in [0, 0.1) is 12.8 Å². The number of amides is 2. The Bertz CT molecular complexity index is 500. The Kier molecular flexibility index (Phi) is 7.43. The Labute approximate surface area is 132 Å². The fraction of sp³-hybridized carbons (Fsp3) is 0.529. The van der Waals surface area contributed by atoms with E-state index in [-0.39, 0.29) is 18.4 Å². The molecule has 0 atom stereocenters. The fourth-order valence-electron chi connectivity index (χ4n) is 2.10. The van der Waals surface area contributed by atoms with Gasteiger partial charge in [0.25, 0.3) is 0 Å². The molecule has 5 heteroatoms. The standard InChI is InChI=1S/C17H26N2O3/c1-5-22-16(20)9-10-19(12-13(2)3)17(21)18-15-8-6-7-14(4)11-15/h6-8,11,13H,5,9-10,12H2,1-4H3,(H,18,21). The highest BCUT2D eigenvalue weighted by Crippen LogP contribution is 2.11. The van der Waals surface area contributed by atoms with Crippen LogP contribution in [0.5, 0.6) is 0 Å². The number of benzene rings is 1. The molecule has 1 aromatic rings. The zero-order valence-electron chi connectivity index (χ0n) is 13.9. The van der Waals surface area contributed by atoms with E-state index in [9.17, 15) is 9.59 Å². The molecule has 1 rings (SSSR count). The van der Waals surface area contributed by atoms with Crippen molar-refractivity contribution in [2.75, 3.05) is 25.0 Å². The van der Waals surface area contributed by atoms with Gasteiger partial charge in [0.15, 0.2) is 0 Å². The van der Waals surface area contributed by atoms with Crippen LogP contribution in [-0.4, -0.2) is 36.6 Å². The Morgan fingerprint density at radius 3 is 2.64 bits per heavy atom. The SMILES string of the molecule is CCOC(=O)CCN(CC(C)C)C(=O)Nc1cccc(C)c1. The largest absolute Gasteiger partial charge is 0.466 e. The van der Waals surface area contributed by atoms with Gasteiger partial charge >= 0.3 is 12.0 Å². The smallest absolute Gasteiger partial charge is 0.321 e. The van der Waals surface area contributed by atoms with Crippen LogP contribution in [0.2, 0.25) is 0 Å². The van der Waals surface area contributed by atoms with Crippen LogP contribution in [-0.2, 0) is 9.53 Å². The first-order valence-corrected chi connectivity index (χ1v) is 7.70. The van der Waals surface area contributed by atoms with Crippen LogP contribution >= 0.6 is 0 Å². The molecule has 2 amide bonds. The third-order valence-electron chi connectivity index (χ3n) is 3.03. The van der Waals surface area contributed by atoms with Crippen molar-refractivity contribution in [2.24, 2.45) is 5.92 Å². The zero-order chi connectivity index (χ0) is 16.5. The number of aryl methyl sites for hydroxylation is 1. The summed E-state index contributed by atoms with van der Waals surface area (Å²) in [5, 5.41) is 2.88. The van der Waals surface area contributed by atoms with Crippen molar-refractivity contribution in [1.29, 1.82) is 0 Å². The second-order valence-corrected chi connectivity index (χ2v) is 5.69. The number of hydrogen-bond acceptors (Lipinski definition) is 3. The highest BCUT2D eigenvalue weighted by Gasteiger charge is 2.16. The fourth-order valence-corrected chi connectivity index (χ4v) is 2.10. The van der Waals surface area contributed by atoms with Gasteiger partial charge in [-0.3, -0.25) is 4.79 Å². The first kappa shape index (κ1) is 18.0. The van der Waals surface area contributed by atoms with E-state index in [1.54, 1.807) is 11.8 Å². The van der Waals surface area contributed by atoms with Gasteiger partial charge in [0.1, 0.15) is 0 Å².